The number of imide groups is 1. The highest BCUT2D eigenvalue weighted by molar-refractivity contribution is 6.08. The lowest BCUT2D eigenvalue weighted by Crippen LogP contribution is -2.49. The molecule has 0 radical (unpaired) electrons. The molecule has 8 nitrogen and oxygen atoms in total. The fourth-order valence-corrected chi connectivity index (χ4v) is 4.33. The van der Waals surface area contributed by atoms with Gasteiger partial charge in [0, 0.05) is 13.1 Å². The fraction of sp³-hybridized carbons (Fsp3) is 0.565. The van der Waals surface area contributed by atoms with E-state index in [-0.39, 0.29) is 11.8 Å². The molecule has 1 N–H and O–H groups in total. The lowest BCUT2D eigenvalue weighted by Gasteiger charge is -2.34. The Hall–Kier alpha value is -2.90. The van der Waals surface area contributed by atoms with Gasteiger partial charge in [-0.2, -0.15) is 0 Å². The summed E-state index contributed by atoms with van der Waals surface area (Å²) in [6, 6.07) is 8.97. The van der Waals surface area contributed by atoms with Crippen molar-refractivity contribution in [3.63, 3.8) is 0 Å². The Morgan fingerprint density at radius 1 is 1.16 bits per heavy atom. The minimum atomic E-state index is -0.895. The molecule has 1 aromatic rings. The molecule has 0 bridgehead atoms. The van der Waals surface area contributed by atoms with Crippen molar-refractivity contribution in [2.45, 2.75) is 58.0 Å². The summed E-state index contributed by atoms with van der Waals surface area (Å²) in [6.07, 6.45) is 3.99. The summed E-state index contributed by atoms with van der Waals surface area (Å²) in [5, 5.41) is 2.79. The van der Waals surface area contributed by atoms with E-state index < -0.39 is 30.7 Å². The highest BCUT2D eigenvalue weighted by atomic mass is 16.5. The number of hydrogen-bond donors (Lipinski definition) is 1. The van der Waals surface area contributed by atoms with Crippen molar-refractivity contribution < 1.29 is 23.9 Å². The Morgan fingerprint density at radius 3 is 2.45 bits per heavy atom. The first-order chi connectivity index (χ1) is 14.9. The van der Waals surface area contributed by atoms with Crippen molar-refractivity contribution in [3.05, 3.63) is 35.9 Å². The molecule has 3 rings (SSSR count). The molecule has 2 fully saturated rings. The lowest BCUT2D eigenvalue weighted by molar-refractivity contribution is -0.154. The Labute approximate surface area is 182 Å². The summed E-state index contributed by atoms with van der Waals surface area (Å²) in [7, 11) is 0. The molecule has 1 heterocycles. The third kappa shape index (κ3) is 5.24. The van der Waals surface area contributed by atoms with Crippen molar-refractivity contribution in [3.8, 4) is 0 Å². The summed E-state index contributed by atoms with van der Waals surface area (Å²) < 4.78 is 5.09. The molecule has 168 valence electrons. The number of carbonyl (C=O) groups excluding carboxylic acids is 4. The Kier molecular flexibility index (Phi) is 7.30. The number of nitrogens with zero attached hydrogens (tertiary/aromatic N) is 2. The standard InChI is InChI=1S/C23H31N3O5/c1-3-17-10-12-23(13-11-17)21(29)26(22(30)24-23)15-20(28)31-16-19(27)25(4-2)14-18-8-6-5-7-9-18/h5-9,17H,3-4,10-16H2,1-2H3,(H,24,30). The molecule has 1 aromatic carbocycles. The van der Waals surface area contributed by atoms with Gasteiger partial charge in [0.2, 0.25) is 0 Å². The van der Waals surface area contributed by atoms with Crippen LogP contribution in [0.4, 0.5) is 4.79 Å². The maximum atomic E-state index is 12.9. The molecule has 1 saturated heterocycles. The number of likely N-dealkylation sites (N-methyl/N-ethyl adjacent to an activating group) is 1. The Morgan fingerprint density at radius 2 is 1.84 bits per heavy atom. The summed E-state index contributed by atoms with van der Waals surface area (Å²) in [5.41, 5.74) is 0.0829. The van der Waals surface area contributed by atoms with Crippen LogP contribution in [0.5, 0.6) is 0 Å². The first-order valence-corrected chi connectivity index (χ1v) is 11.0. The second-order valence-corrected chi connectivity index (χ2v) is 8.31. The van der Waals surface area contributed by atoms with Crippen LogP contribution in [0.3, 0.4) is 0 Å². The van der Waals surface area contributed by atoms with Crippen molar-refractivity contribution in [1.82, 2.24) is 15.1 Å². The van der Waals surface area contributed by atoms with E-state index in [4.69, 9.17) is 4.74 Å². The van der Waals surface area contributed by atoms with Gasteiger partial charge in [-0.05, 0) is 44.1 Å². The zero-order valence-electron chi connectivity index (χ0n) is 18.3. The fourth-order valence-electron chi connectivity index (χ4n) is 4.33. The first-order valence-electron chi connectivity index (χ1n) is 11.0. The van der Waals surface area contributed by atoms with Gasteiger partial charge in [0.25, 0.3) is 11.8 Å². The van der Waals surface area contributed by atoms with Crippen LogP contribution in [0.1, 0.15) is 51.5 Å². The summed E-state index contributed by atoms with van der Waals surface area (Å²) >= 11 is 0. The van der Waals surface area contributed by atoms with Gasteiger partial charge in [0.1, 0.15) is 12.1 Å². The highest BCUT2D eigenvalue weighted by Crippen LogP contribution is 2.37. The van der Waals surface area contributed by atoms with Crippen LogP contribution >= 0.6 is 0 Å². The zero-order chi connectivity index (χ0) is 22.4. The number of amides is 4. The van der Waals surface area contributed by atoms with Crippen molar-refractivity contribution in [2.24, 2.45) is 5.92 Å². The van der Waals surface area contributed by atoms with Crippen LogP contribution < -0.4 is 5.32 Å². The number of benzene rings is 1. The van der Waals surface area contributed by atoms with Crippen LogP contribution in [-0.2, 0) is 25.7 Å². The third-order valence-corrected chi connectivity index (χ3v) is 6.38. The van der Waals surface area contributed by atoms with Gasteiger partial charge in [-0.25, -0.2) is 4.79 Å². The normalized spacial score (nSPS) is 23.0. The molecule has 2 aliphatic rings. The van der Waals surface area contributed by atoms with E-state index in [2.05, 4.69) is 12.2 Å². The van der Waals surface area contributed by atoms with Crippen LogP contribution in [0.25, 0.3) is 0 Å². The average molecular weight is 430 g/mol. The minimum absolute atomic E-state index is 0.328. The highest BCUT2D eigenvalue weighted by Gasteiger charge is 2.52. The van der Waals surface area contributed by atoms with Crippen molar-refractivity contribution >= 4 is 23.8 Å². The van der Waals surface area contributed by atoms with Crippen LogP contribution in [0.15, 0.2) is 30.3 Å². The molecular weight excluding hydrogens is 398 g/mol. The molecule has 8 heteroatoms. The van der Waals surface area contributed by atoms with Gasteiger partial charge in [-0.1, -0.05) is 43.7 Å². The van der Waals surface area contributed by atoms with Crippen molar-refractivity contribution in [1.29, 1.82) is 0 Å². The quantitative estimate of drug-likeness (QED) is 0.506. The van der Waals surface area contributed by atoms with Gasteiger partial charge in [0.05, 0.1) is 0 Å². The smallest absolute Gasteiger partial charge is 0.326 e. The molecule has 31 heavy (non-hydrogen) atoms. The molecule has 1 aliphatic heterocycles. The van der Waals surface area contributed by atoms with Gasteiger partial charge < -0.3 is 15.0 Å². The Bertz CT molecular complexity index is 818. The largest absolute Gasteiger partial charge is 0.454 e. The van der Waals surface area contributed by atoms with Gasteiger partial charge in [0.15, 0.2) is 6.61 Å². The first kappa shape index (κ1) is 22.8. The second kappa shape index (κ2) is 9.94. The number of urea groups is 1. The van der Waals surface area contributed by atoms with E-state index in [1.165, 1.54) is 0 Å². The molecule has 0 unspecified atom stereocenters. The van der Waals surface area contributed by atoms with Crippen LogP contribution in [-0.4, -0.2) is 58.8 Å². The van der Waals surface area contributed by atoms with E-state index in [1.807, 2.05) is 37.3 Å². The maximum Gasteiger partial charge on any atom is 0.326 e. The molecule has 1 spiro atoms. The third-order valence-electron chi connectivity index (χ3n) is 6.38. The number of nitrogens with one attached hydrogen (secondary N) is 1. The van der Waals surface area contributed by atoms with E-state index in [9.17, 15) is 19.2 Å². The molecule has 0 atom stereocenters. The van der Waals surface area contributed by atoms with E-state index >= 15 is 0 Å². The van der Waals surface area contributed by atoms with Gasteiger partial charge >= 0.3 is 12.0 Å². The van der Waals surface area contributed by atoms with Crippen LogP contribution in [0, 0.1) is 5.92 Å². The van der Waals surface area contributed by atoms with E-state index in [0.29, 0.717) is 31.8 Å². The topological polar surface area (TPSA) is 96.0 Å². The monoisotopic (exact) mass is 429 g/mol. The van der Waals surface area contributed by atoms with E-state index in [0.717, 1.165) is 29.7 Å². The maximum absolute atomic E-state index is 12.9. The SMILES string of the molecule is CCC1CCC2(CC1)NC(=O)N(CC(=O)OCC(=O)N(CC)Cc1ccccc1)C2=O. The predicted molar refractivity (Wildman–Crippen MR) is 114 cm³/mol. The minimum Gasteiger partial charge on any atom is -0.454 e. The second-order valence-electron chi connectivity index (χ2n) is 8.31. The van der Waals surface area contributed by atoms with Crippen molar-refractivity contribution in [2.75, 3.05) is 19.7 Å². The number of rotatable bonds is 8. The molecule has 1 aliphatic carbocycles. The van der Waals surface area contributed by atoms with Gasteiger partial charge in [-0.3, -0.25) is 19.3 Å². The number of hydrogen-bond acceptors (Lipinski definition) is 5. The van der Waals surface area contributed by atoms with Gasteiger partial charge in [-0.15, -0.1) is 0 Å². The summed E-state index contributed by atoms with van der Waals surface area (Å²) in [4.78, 5) is 52.4. The zero-order valence-corrected chi connectivity index (χ0v) is 18.3. The molecule has 1 saturated carbocycles. The number of carbonyl (C=O) groups is 4. The average Bonchev–Trinajstić information content (AvgIpc) is 3.01. The summed E-state index contributed by atoms with van der Waals surface area (Å²) in [5.74, 6) is -0.898. The predicted octanol–water partition coefficient (Wildman–Crippen LogP) is 2.47. The molecule has 4 amide bonds. The summed E-state index contributed by atoms with van der Waals surface area (Å²) in [6.45, 7) is 3.96. The lowest BCUT2D eigenvalue weighted by atomic mass is 9.75. The van der Waals surface area contributed by atoms with E-state index in [1.54, 1.807) is 4.90 Å². The molecule has 0 aromatic heterocycles. The number of ether oxygens (including phenoxy) is 1. The molecular formula is C23H31N3O5. The van der Waals surface area contributed by atoms with Crippen LogP contribution in [0.2, 0.25) is 0 Å². The Balaban J connectivity index is 1.50. The number of esters is 1.